The smallest absolute Gasteiger partial charge is 0.263 e. The molecule has 20 heavy (non-hydrogen) atoms. The summed E-state index contributed by atoms with van der Waals surface area (Å²) in [4.78, 5) is 23.6. The Hall–Kier alpha value is -2.50. The molecule has 1 amide bonds. The maximum Gasteiger partial charge on any atom is 0.263 e. The van der Waals surface area contributed by atoms with Crippen LogP contribution in [0.3, 0.4) is 0 Å². The predicted octanol–water partition coefficient (Wildman–Crippen LogP) is 1.59. The Labute approximate surface area is 113 Å². The molecule has 1 aromatic carbocycles. The van der Waals surface area contributed by atoms with Crippen LogP contribution in [0.1, 0.15) is 15.9 Å². The first-order chi connectivity index (χ1) is 9.50. The van der Waals surface area contributed by atoms with Crippen molar-refractivity contribution in [1.82, 2.24) is 9.88 Å². The fourth-order valence-corrected chi connectivity index (χ4v) is 1.74. The van der Waals surface area contributed by atoms with Crippen LogP contribution in [0.15, 0.2) is 41.3 Å². The minimum Gasteiger partial charge on any atom is -0.348 e. The number of halogens is 2. The second-order valence-corrected chi connectivity index (χ2v) is 4.22. The van der Waals surface area contributed by atoms with Gasteiger partial charge in [0.1, 0.15) is 17.2 Å². The monoisotopic (exact) mass is 278 g/mol. The Morgan fingerprint density at radius 1 is 1.20 bits per heavy atom. The molecule has 0 atom stereocenters. The van der Waals surface area contributed by atoms with Gasteiger partial charge in [0, 0.05) is 25.4 Å². The van der Waals surface area contributed by atoms with Gasteiger partial charge in [-0.25, -0.2) is 8.78 Å². The number of nitrogens with one attached hydrogen (secondary N) is 1. The summed E-state index contributed by atoms with van der Waals surface area (Å²) in [5.74, 6) is -2.16. The number of aromatic nitrogens is 1. The van der Waals surface area contributed by atoms with E-state index in [4.69, 9.17) is 0 Å². The molecule has 0 aliphatic heterocycles. The minimum atomic E-state index is -0.744. The molecule has 1 N–H and O–H groups in total. The number of carbonyl (C=O) groups is 1. The molecule has 0 unspecified atom stereocenters. The van der Waals surface area contributed by atoms with E-state index in [0.717, 1.165) is 12.1 Å². The summed E-state index contributed by atoms with van der Waals surface area (Å²) < 4.78 is 28.0. The second-order valence-electron chi connectivity index (χ2n) is 4.22. The molecule has 0 saturated heterocycles. The summed E-state index contributed by atoms with van der Waals surface area (Å²) >= 11 is 0. The zero-order chi connectivity index (χ0) is 14.7. The van der Waals surface area contributed by atoms with E-state index in [1.807, 2.05) is 0 Å². The van der Waals surface area contributed by atoms with Crippen LogP contribution in [0.25, 0.3) is 0 Å². The van der Waals surface area contributed by atoms with E-state index < -0.39 is 23.1 Å². The van der Waals surface area contributed by atoms with Crippen LogP contribution < -0.4 is 10.9 Å². The average molecular weight is 278 g/mol. The molecule has 0 spiro atoms. The highest BCUT2D eigenvalue weighted by Crippen LogP contribution is 2.11. The van der Waals surface area contributed by atoms with E-state index in [9.17, 15) is 18.4 Å². The van der Waals surface area contributed by atoms with Crippen LogP contribution in [-0.2, 0) is 13.6 Å². The molecule has 1 aromatic heterocycles. The van der Waals surface area contributed by atoms with Crippen LogP contribution in [0.2, 0.25) is 0 Å². The van der Waals surface area contributed by atoms with E-state index in [1.54, 1.807) is 6.07 Å². The second kappa shape index (κ2) is 5.64. The fourth-order valence-electron chi connectivity index (χ4n) is 1.74. The van der Waals surface area contributed by atoms with E-state index in [1.165, 1.54) is 29.9 Å². The minimum absolute atomic E-state index is 0.0771. The van der Waals surface area contributed by atoms with Gasteiger partial charge in [0.25, 0.3) is 11.5 Å². The van der Waals surface area contributed by atoms with Gasteiger partial charge in [-0.3, -0.25) is 9.59 Å². The molecule has 0 aliphatic carbocycles. The maximum absolute atomic E-state index is 13.4. The van der Waals surface area contributed by atoms with Crippen molar-refractivity contribution in [1.29, 1.82) is 0 Å². The lowest BCUT2D eigenvalue weighted by Crippen LogP contribution is -2.31. The highest BCUT2D eigenvalue weighted by molar-refractivity contribution is 5.93. The van der Waals surface area contributed by atoms with E-state index >= 15 is 0 Å². The molecule has 0 radical (unpaired) electrons. The van der Waals surface area contributed by atoms with Crippen LogP contribution in [0, 0.1) is 11.6 Å². The number of benzene rings is 1. The molecule has 0 aliphatic rings. The molecule has 0 saturated carbocycles. The number of aryl methyl sites for hydroxylation is 1. The van der Waals surface area contributed by atoms with Crippen molar-refractivity contribution in [3.8, 4) is 0 Å². The first-order valence-electron chi connectivity index (χ1n) is 5.87. The third-order valence-corrected chi connectivity index (χ3v) is 2.86. The van der Waals surface area contributed by atoms with Gasteiger partial charge in [0.15, 0.2) is 0 Å². The molecular weight excluding hydrogens is 266 g/mol. The highest BCUT2D eigenvalue weighted by Gasteiger charge is 2.13. The van der Waals surface area contributed by atoms with Gasteiger partial charge in [-0.1, -0.05) is 6.07 Å². The summed E-state index contributed by atoms with van der Waals surface area (Å²) in [5, 5.41) is 2.33. The molecule has 6 heteroatoms. The van der Waals surface area contributed by atoms with Crippen LogP contribution in [0.4, 0.5) is 8.78 Å². The molecule has 104 valence electrons. The summed E-state index contributed by atoms with van der Waals surface area (Å²) in [6.45, 7) is -0.324. The quantitative estimate of drug-likeness (QED) is 0.927. The number of pyridine rings is 1. The van der Waals surface area contributed by atoms with Crippen molar-refractivity contribution in [2.45, 2.75) is 6.54 Å². The lowest BCUT2D eigenvalue weighted by atomic mass is 10.2. The number of carbonyl (C=O) groups excluding carboxylic acids is 1. The predicted molar refractivity (Wildman–Crippen MR) is 69.2 cm³/mol. The number of hydrogen-bond acceptors (Lipinski definition) is 2. The normalized spacial score (nSPS) is 10.3. The molecule has 4 nitrogen and oxygen atoms in total. The molecule has 0 bridgehead atoms. The average Bonchev–Trinajstić information content (AvgIpc) is 2.41. The topological polar surface area (TPSA) is 51.1 Å². The van der Waals surface area contributed by atoms with Crippen molar-refractivity contribution in [3.63, 3.8) is 0 Å². The zero-order valence-corrected chi connectivity index (χ0v) is 10.7. The van der Waals surface area contributed by atoms with Gasteiger partial charge in [-0.2, -0.15) is 0 Å². The number of amides is 1. The first kappa shape index (κ1) is 13.9. The van der Waals surface area contributed by atoms with Gasteiger partial charge in [-0.05, 0) is 24.3 Å². The van der Waals surface area contributed by atoms with Gasteiger partial charge in [0.05, 0.1) is 0 Å². The number of nitrogens with zero attached hydrogens (tertiary/aromatic N) is 1. The first-order valence-corrected chi connectivity index (χ1v) is 5.87. The Kier molecular flexibility index (Phi) is 3.93. The molecule has 0 fully saturated rings. The third kappa shape index (κ3) is 2.74. The summed E-state index contributed by atoms with van der Waals surface area (Å²) in [5.41, 5.74) is -0.792. The molecular formula is C14H12F2N2O2. The number of rotatable bonds is 3. The van der Waals surface area contributed by atoms with Crippen LogP contribution in [0.5, 0.6) is 0 Å². The standard InChI is InChI=1S/C14H12F2N2O2/c1-18-7-3-4-9(14(18)20)13(19)17-8-10-11(15)5-2-6-12(10)16/h2-7H,8H2,1H3,(H,17,19). The molecule has 2 aromatic rings. The van der Waals surface area contributed by atoms with Crippen molar-refractivity contribution in [3.05, 3.63) is 69.6 Å². The van der Waals surface area contributed by atoms with Crippen molar-refractivity contribution >= 4 is 5.91 Å². The Morgan fingerprint density at radius 3 is 2.50 bits per heavy atom. The van der Waals surface area contributed by atoms with Crippen molar-refractivity contribution < 1.29 is 13.6 Å². The largest absolute Gasteiger partial charge is 0.348 e. The van der Waals surface area contributed by atoms with E-state index in [0.29, 0.717) is 0 Å². The Balaban J connectivity index is 2.17. The van der Waals surface area contributed by atoms with E-state index in [2.05, 4.69) is 5.32 Å². The lowest BCUT2D eigenvalue weighted by molar-refractivity contribution is 0.0948. The maximum atomic E-state index is 13.4. The summed E-state index contributed by atoms with van der Waals surface area (Å²) in [6.07, 6.45) is 1.51. The van der Waals surface area contributed by atoms with Gasteiger partial charge < -0.3 is 9.88 Å². The lowest BCUT2D eigenvalue weighted by Gasteiger charge is -2.07. The van der Waals surface area contributed by atoms with Crippen molar-refractivity contribution in [2.24, 2.45) is 7.05 Å². The highest BCUT2D eigenvalue weighted by atomic mass is 19.1. The van der Waals surface area contributed by atoms with Gasteiger partial charge in [-0.15, -0.1) is 0 Å². The van der Waals surface area contributed by atoms with Crippen LogP contribution >= 0.6 is 0 Å². The van der Waals surface area contributed by atoms with Crippen molar-refractivity contribution in [2.75, 3.05) is 0 Å². The summed E-state index contributed by atoms with van der Waals surface area (Å²) in [6, 6.07) is 6.34. The Bertz CT molecular complexity index is 690. The fraction of sp³-hybridized carbons (Fsp3) is 0.143. The molecule has 2 rings (SSSR count). The summed E-state index contributed by atoms with van der Waals surface area (Å²) in [7, 11) is 1.51. The Morgan fingerprint density at radius 2 is 1.85 bits per heavy atom. The van der Waals surface area contributed by atoms with Gasteiger partial charge >= 0.3 is 0 Å². The molecule has 1 heterocycles. The third-order valence-electron chi connectivity index (χ3n) is 2.86. The van der Waals surface area contributed by atoms with E-state index in [-0.39, 0.29) is 17.7 Å². The van der Waals surface area contributed by atoms with Gasteiger partial charge in [0.2, 0.25) is 0 Å². The zero-order valence-electron chi connectivity index (χ0n) is 10.7. The van der Waals surface area contributed by atoms with Crippen LogP contribution in [-0.4, -0.2) is 10.5 Å². The SMILES string of the molecule is Cn1cccc(C(=O)NCc2c(F)cccc2F)c1=O. The number of hydrogen-bond donors (Lipinski definition) is 1.